The largest absolute Gasteiger partial charge is 0.336 e. The maximum atomic E-state index is 12.2. The zero-order valence-electron chi connectivity index (χ0n) is 9.94. The number of hydrogen-bond donors (Lipinski definition) is 1. The molecule has 0 spiro atoms. The maximum Gasteiger partial charge on any atom is 0.265 e. The van der Waals surface area contributed by atoms with E-state index < -0.39 is 10.0 Å². The maximum absolute atomic E-state index is 12.2. The minimum Gasteiger partial charge on any atom is -0.336 e. The number of anilines is 1. The highest BCUT2D eigenvalue weighted by molar-refractivity contribution is 9.10. The molecule has 2 aromatic rings. The number of nitrogens with zero attached hydrogens (tertiary/aromatic N) is 1. The van der Waals surface area contributed by atoms with Gasteiger partial charge in [-0.1, -0.05) is 5.16 Å². The molecule has 0 aliphatic rings. The first-order valence-corrected chi connectivity index (χ1v) is 8.12. The van der Waals surface area contributed by atoms with E-state index in [1.54, 1.807) is 19.9 Å². The number of thiophene rings is 1. The van der Waals surface area contributed by atoms with Crippen LogP contribution in [0.2, 0.25) is 0 Å². The number of hydrogen-bond acceptors (Lipinski definition) is 5. The molecule has 0 saturated carbocycles. The van der Waals surface area contributed by atoms with Crippen molar-refractivity contribution in [3.63, 3.8) is 0 Å². The summed E-state index contributed by atoms with van der Waals surface area (Å²) >= 11 is 4.66. The lowest BCUT2D eigenvalue weighted by molar-refractivity contribution is 0.430. The Balaban J connectivity index is 2.39. The second-order valence-corrected chi connectivity index (χ2v) is 7.70. The number of aromatic nitrogens is 1. The van der Waals surface area contributed by atoms with E-state index in [0.717, 1.165) is 9.75 Å². The smallest absolute Gasteiger partial charge is 0.265 e. The summed E-state index contributed by atoms with van der Waals surface area (Å²) in [7, 11) is -3.64. The second-order valence-electron chi connectivity index (χ2n) is 3.79. The summed E-state index contributed by atoms with van der Waals surface area (Å²) in [6, 6.07) is 1.64. The van der Waals surface area contributed by atoms with Gasteiger partial charge in [0.1, 0.15) is 9.37 Å². The van der Waals surface area contributed by atoms with Gasteiger partial charge < -0.3 is 4.52 Å². The Labute approximate surface area is 117 Å². The fraction of sp³-hybridized carbons (Fsp3) is 0.300. The number of aryl methyl sites for hydroxylation is 3. The molecule has 0 amide bonds. The summed E-state index contributed by atoms with van der Waals surface area (Å²) in [5.74, 6) is 0.0933. The Hall–Kier alpha value is -0.860. The molecule has 0 aliphatic heterocycles. The van der Waals surface area contributed by atoms with E-state index in [1.807, 2.05) is 6.92 Å². The van der Waals surface area contributed by atoms with Gasteiger partial charge in [0.2, 0.25) is 0 Å². The summed E-state index contributed by atoms with van der Waals surface area (Å²) in [5, 5.41) is 3.68. The third kappa shape index (κ3) is 2.45. The molecule has 0 fully saturated rings. The number of rotatable bonds is 3. The van der Waals surface area contributed by atoms with Gasteiger partial charge in [-0.05, 0) is 42.8 Å². The minimum atomic E-state index is -3.64. The Kier molecular flexibility index (Phi) is 3.52. The first-order chi connectivity index (χ1) is 8.31. The standard InChI is InChI=1S/C10H11BrN2O3S2/c1-5-4-8(7(3)17-5)18(14,15)13-10-9(11)6(2)12-16-10/h4,13H,1-3H3. The van der Waals surface area contributed by atoms with Gasteiger partial charge in [-0.3, -0.25) is 0 Å². The monoisotopic (exact) mass is 350 g/mol. The van der Waals surface area contributed by atoms with Gasteiger partial charge in [0.05, 0.1) is 5.69 Å². The molecule has 1 N–H and O–H groups in total. The highest BCUT2D eigenvalue weighted by Gasteiger charge is 2.22. The summed E-state index contributed by atoms with van der Waals surface area (Å²) in [5.41, 5.74) is 0.589. The molecule has 0 bridgehead atoms. The Morgan fingerprint density at radius 1 is 1.39 bits per heavy atom. The van der Waals surface area contributed by atoms with Crippen LogP contribution in [0.4, 0.5) is 5.88 Å². The number of nitrogens with one attached hydrogen (secondary N) is 1. The average molecular weight is 351 g/mol. The van der Waals surface area contributed by atoms with E-state index >= 15 is 0 Å². The molecule has 2 rings (SSSR count). The van der Waals surface area contributed by atoms with Crippen LogP contribution in [0.5, 0.6) is 0 Å². The van der Waals surface area contributed by atoms with Crippen LogP contribution < -0.4 is 4.72 Å². The van der Waals surface area contributed by atoms with E-state index in [9.17, 15) is 8.42 Å². The van der Waals surface area contributed by atoms with Crippen molar-refractivity contribution in [1.82, 2.24) is 5.16 Å². The van der Waals surface area contributed by atoms with Gasteiger partial charge in [-0.2, -0.15) is 0 Å². The van der Waals surface area contributed by atoms with Crippen molar-refractivity contribution < 1.29 is 12.9 Å². The molecule has 2 heterocycles. The highest BCUT2D eigenvalue weighted by atomic mass is 79.9. The normalized spacial score (nSPS) is 11.8. The second kappa shape index (κ2) is 4.67. The molecule has 98 valence electrons. The van der Waals surface area contributed by atoms with E-state index in [2.05, 4.69) is 25.8 Å². The topological polar surface area (TPSA) is 72.2 Å². The lowest BCUT2D eigenvalue weighted by Crippen LogP contribution is -2.12. The molecule has 2 aromatic heterocycles. The van der Waals surface area contributed by atoms with Crippen LogP contribution in [-0.4, -0.2) is 13.6 Å². The first-order valence-electron chi connectivity index (χ1n) is 5.03. The van der Waals surface area contributed by atoms with Crippen molar-refractivity contribution >= 4 is 43.2 Å². The Morgan fingerprint density at radius 3 is 2.50 bits per heavy atom. The van der Waals surface area contributed by atoms with Gasteiger partial charge in [0.25, 0.3) is 15.9 Å². The molecule has 0 saturated heterocycles. The minimum absolute atomic E-state index is 0.0933. The van der Waals surface area contributed by atoms with Crippen LogP contribution >= 0.6 is 27.3 Å². The van der Waals surface area contributed by atoms with Crippen molar-refractivity contribution in [3.8, 4) is 0 Å². The zero-order valence-corrected chi connectivity index (χ0v) is 13.2. The predicted molar refractivity (Wildman–Crippen MR) is 73.5 cm³/mol. The quantitative estimate of drug-likeness (QED) is 0.922. The van der Waals surface area contributed by atoms with Crippen molar-refractivity contribution in [2.75, 3.05) is 4.72 Å². The van der Waals surface area contributed by atoms with Crippen LogP contribution in [0.1, 0.15) is 15.4 Å². The lowest BCUT2D eigenvalue weighted by atomic mass is 10.4. The van der Waals surface area contributed by atoms with Crippen LogP contribution in [0.3, 0.4) is 0 Å². The molecule has 5 nitrogen and oxygen atoms in total. The van der Waals surface area contributed by atoms with E-state index in [4.69, 9.17) is 4.52 Å². The van der Waals surface area contributed by atoms with Crippen molar-refractivity contribution in [1.29, 1.82) is 0 Å². The van der Waals surface area contributed by atoms with E-state index in [0.29, 0.717) is 10.2 Å². The molecule has 0 atom stereocenters. The van der Waals surface area contributed by atoms with Crippen LogP contribution in [0.25, 0.3) is 0 Å². The number of halogens is 1. The highest BCUT2D eigenvalue weighted by Crippen LogP contribution is 2.30. The van der Waals surface area contributed by atoms with E-state index in [-0.39, 0.29) is 10.8 Å². The van der Waals surface area contributed by atoms with Crippen LogP contribution in [0.15, 0.2) is 20.0 Å². The molecular formula is C10H11BrN2O3S2. The molecule has 8 heteroatoms. The third-order valence-corrected chi connectivity index (χ3v) is 5.79. The fourth-order valence-corrected chi connectivity index (χ4v) is 4.40. The predicted octanol–water partition coefficient (Wildman–Crippen LogP) is 3.22. The molecule has 0 unspecified atom stereocenters. The van der Waals surface area contributed by atoms with Gasteiger partial charge in [0, 0.05) is 9.75 Å². The van der Waals surface area contributed by atoms with Crippen LogP contribution in [0, 0.1) is 20.8 Å². The zero-order chi connectivity index (χ0) is 13.5. The summed E-state index contributed by atoms with van der Waals surface area (Å²) in [4.78, 5) is 1.96. The molecule has 0 aliphatic carbocycles. The van der Waals surface area contributed by atoms with Crippen molar-refractivity contribution in [3.05, 3.63) is 26.0 Å². The van der Waals surface area contributed by atoms with Gasteiger partial charge in [-0.15, -0.1) is 11.3 Å². The third-order valence-electron chi connectivity index (χ3n) is 2.30. The SMILES string of the molecule is Cc1cc(S(=O)(=O)Nc2onc(C)c2Br)c(C)s1. The molecule has 0 aromatic carbocycles. The van der Waals surface area contributed by atoms with Crippen molar-refractivity contribution in [2.45, 2.75) is 25.7 Å². The van der Waals surface area contributed by atoms with Gasteiger partial charge in [-0.25, -0.2) is 13.1 Å². The summed E-state index contributed by atoms with van der Waals surface area (Å²) in [6.07, 6.45) is 0. The molecule has 18 heavy (non-hydrogen) atoms. The molecular weight excluding hydrogens is 340 g/mol. The van der Waals surface area contributed by atoms with E-state index in [1.165, 1.54) is 11.3 Å². The summed E-state index contributed by atoms with van der Waals surface area (Å²) < 4.78 is 32.2. The van der Waals surface area contributed by atoms with Gasteiger partial charge in [0.15, 0.2) is 0 Å². The first kappa shape index (κ1) is 13.6. The average Bonchev–Trinajstić information content (AvgIpc) is 2.75. The Bertz CT molecular complexity index is 688. The fourth-order valence-electron chi connectivity index (χ4n) is 1.47. The lowest BCUT2D eigenvalue weighted by Gasteiger charge is -2.04. The summed E-state index contributed by atoms with van der Waals surface area (Å²) in [6.45, 7) is 5.35. The van der Waals surface area contributed by atoms with Crippen molar-refractivity contribution in [2.24, 2.45) is 0 Å². The molecule has 0 radical (unpaired) electrons. The Morgan fingerprint density at radius 2 is 2.06 bits per heavy atom. The van der Waals surface area contributed by atoms with Crippen LogP contribution in [-0.2, 0) is 10.0 Å². The number of sulfonamides is 1. The van der Waals surface area contributed by atoms with Gasteiger partial charge >= 0.3 is 0 Å².